The molecule has 1 amide bonds. The molecule has 3 aromatic rings. The predicted molar refractivity (Wildman–Crippen MR) is 116 cm³/mol. The first kappa shape index (κ1) is 19.7. The van der Waals surface area contributed by atoms with E-state index in [9.17, 15) is 19.5 Å². The van der Waals surface area contributed by atoms with Crippen LogP contribution in [-0.4, -0.2) is 28.0 Å². The number of amides is 1. The average Bonchev–Trinajstić information content (AvgIpc) is 2.77. The average molecular weight is 415 g/mol. The molecule has 148 valence electrons. The highest BCUT2D eigenvalue weighted by Gasteiger charge is 2.38. The van der Waals surface area contributed by atoms with E-state index in [1.54, 1.807) is 30.3 Å². The molecule has 4 rings (SSSR count). The molecule has 1 unspecified atom stereocenters. The van der Waals surface area contributed by atoms with Crippen molar-refractivity contribution in [3.8, 4) is 0 Å². The summed E-state index contributed by atoms with van der Waals surface area (Å²) in [5.74, 6) is -1.87. The van der Waals surface area contributed by atoms with Gasteiger partial charge in [0.2, 0.25) is 0 Å². The Morgan fingerprint density at radius 1 is 0.833 bits per heavy atom. The number of carboxylic acids is 1. The molecule has 0 fully saturated rings. The number of rotatable bonds is 5. The van der Waals surface area contributed by atoms with E-state index >= 15 is 0 Å². The molecule has 0 radical (unpaired) electrons. The second-order valence-corrected chi connectivity index (χ2v) is 7.75. The zero-order chi connectivity index (χ0) is 21.1. The predicted octanol–water partition coefficient (Wildman–Crippen LogP) is 4.50. The van der Waals surface area contributed by atoms with Crippen molar-refractivity contribution in [2.75, 3.05) is 4.90 Å². The van der Waals surface area contributed by atoms with Crippen molar-refractivity contribution < 1.29 is 19.5 Å². The molecule has 5 nitrogen and oxygen atoms in total. The summed E-state index contributed by atoms with van der Waals surface area (Å²) in [6.45, 7) is 0. The molecule has 1 atom stereocenters. The minimum Gasteiger partial charge on any atom is -0.478 e. The number of hydrogen-bond acceptors (Lipinski definition) is 4. The van der Waals surface area contributed by atoms with Gasteiger partial charge in [-0.1, -0.05) is 60.7 Å². The summed E-state index contributed by atoms with van der Waals surface area (Å²) in [6, 6.07) is 24.7. The van der Waals surface area contributed by atoms with Crippen LogP contribution < -0.4 is 4.90 Å². The van der Waals surface area contributed by atoms with Crippen molar-refractivity contribution in [3.05, 3.63) is 102 Å². The SMILES string of the molecule is O=C(O)c1ccccc1SC1C(=O)C=C(c2ccccc2)N(c2ccccc2)C1=O. The van der Waals surface area contributed by atoms with Crippen LogP contribution in [0.1, 0.15) is 15.9 Å². The Morgan fingerprint density at radius 3 is 2.10 bits per heavy atom. The third-order valence-corrected chi connectivity index (χ3v) is 5.95. The monoisotopic (exact) mass is 415 g/mol. The van der Waals surface area contributed by atoms with Crippen LogP contribution in [0.25, 0.3) is 5.70 Å². The standard InChI is InChI=1S/C24H17NO4S/c26-20-15-19(16-9-3-1-4-10-16)25(17-11-5-2-6-12-17)23(27)22(20)30-21-14-8-7-13-18(21)24(28)29/h1-15,22H,(H,28,29). The highest BCUT2D eigenvalue weighted by atomic mass is 32.2. The highest BCUT2D eigenvalue weighted by Crippen LogP contribution is 2.37. The number of aromatic carboxylic acids is 1. The number of carbonyl (C=O) groups excluding carboxylic acids is 2. The van der Waals surface area contributed by atoms with Crippen LogP contribution in [0, 0.1) is 0 Å². The fourth-order valence-corrected chi connectivity index (χ4v) is 4.36. The van der Waals surface area contributed by atoms with E-state index in [1.165, 1.54) is 17.0 Å². The van der Waals surface area contributed by atoms with E-state index in [0.717, 1.165) is 17.3 Å². The molecule has 1 N–H and O–H groups in total. The number of thioether (sulfide) groups is 1. The Morgan fingerprint density at radius 2 is 1.43 bits per heavy atom. The van der Waals surface area contributed by atoms with Crippen molar-refractivity contribution >= 4 is 40.8 Å². The first-order valence-electron chi connectivity index (χ1n) is 9.25. The van der Waals surface area contributed by atoms with Gasteiger partial charge in [-0.05, 0) is 29.8 Å². The normalized spacial score (nSPS) is 16.3. The van der Waals surface area contributed by atoms with Gasteiger partial charge in [-0.3, -0.25) is 14.5 Å². The molecule has 0 bridgehead atoms. The number of benzene rings is 3. The molecular formula is C24H17NO4S. The van der Waals surface area contributed by atoms with Gasteiger partial charge in [-0.2, -0.15) is 0 Å². The number of anilines is 1. The fourth-order valence-electron chi connectivity index (χ4n) is 3.28. The Bertz CT molecular complexity index is 1140. The quantitative estimate of drug-likeness (QED) is 0.621. The molecule has 1 aliphatic heterocycles. The molecule has 0 aromatic heterocycles. The zero-order valence-corrected chi connectivity index (χ0v) is 16.6. The van der Waals surface area contributed by atoms with Gasteiger partial charge in [-0.15, -0.1) is 11.8 Å². The molecule has 0 spiro atoms. The zero-order valence-electron chi connectivity index (χ0n) is 15.8. The maximum atomic E-state index is 13.5. The lowest BCUT2D eigenvalue weighted by atomic mass is 10.0. The maximum absolute atomic E-state index is 13.5. The van der Waals surface area contributed by atoms with E-state index in [1.807, 2.05) is 48.5 Å². The number of hydrogen-bond donors (Lipinski definition) is 1. The molecule has 3 aromatic carbocycles. The molecule has 0 saturated heterocycles. The number of para-hydroxylation sites is 1. The van der Waals surface area contributed by atoms with Gasteiger partial charge >= 0.3 is 5.97 Å². The lowest BCUT2D eigenvalue weighted by Gasteiger charge is -2.32. The van der Waals surface area contributed by atoms with Crippen LogP contribution in [0.2, 0.25) is 0 Å². The van der Waals surface area contributed by atoms with Crippen LogP contribution in [0.4, 0.5) is 5.69 Å². The van der Waals surface area contributed by atoms with Gasteiger partial charge in [0, 0.05) is 16.7 Å². The number of carbonyl (C=O) groups is 3. The summed E-state index contributed by atoms with van der Waals surface area (Å²) < 4.78 is 0. The second-order valence-electron chi connectivity index (χ2n) is 6.61. The van der Waals surface area contributed by atoms with E-state index in [0.29, 0.717) is 16.3 Å². The minimum absolute atomic E-state index is 0.0622. The summed E-state index contributed by atoms with van der Waals surface area (Å²) in [4.78, 5) is 39.9. The van der Waals surface area contributed by atoms with E-state index in [4.69, 9.17) is 0 Å². The van der Waals surface area contributed by atoms with Gasteiger partial charge in [0.05, 0.1) is 11.3 Å². The molecule has 6 heteroatoms. The Hall–Kier alpha value is -3.64. The molecule has 30 heavy (non-hydrogen) atoms. The molecule has 0 saturated carbocycles. The number of ketones is 1. The van der Waals surface area contributed by atoms with Crippen molar-refractivity contribution in [1.82, 2.24) is 0 Å². The van der Waals surface area contributed by atoms with Gasteiger partial charge in [0.25, 0.3) is 5.91 Å². The third kappa shape index (κ3) is 3.77. The third-order valence-electron chi connectivity index (χ3n) is 4.67. The van der Waals surface area contributed by atoms with E-state index < -0.39 is 17.1 Å². The first-order valence-corrected chi connectivity index (χ1v) is 10.1. The fraction of sp³-hybridized carbons (Fsp3) is 0.0417. The number of allylic oxidation sites excluding steroid dienone is 1. The highest BCUT2D eigenvalue weighted by molar-refractivity contribution is 8.01. The topological polar surface area (TPSA) is 74.7 Å². The largest absolute Gasteiger partial charge is 0.478 e. The van der Waals surface area contributed by atoms with Crippen LogP contribution in [0.15, 0.2) is 95.9 Å². The van der Waals surface area contributed by atoms with Crippen LogP contribution in [0.5, 0.6) is 0 Å². The van der Waals surface area contributed by atoms with Crippen molar-refractivity contribution in [1.29, 1.82) is 0 Å². The van der Waals surface area contributed by atoms with Gasteiger partial charge < -0.3 is 5.11 Å². The van der Waals surface area contributed by atoms with Crippen LogP contribution in [0.3, 0.4) is 0 Å². The Labute approximate surface area is 177 Å². The van der Waals surface area contributed by atoms with E-state index in [2.05, 4.69) is 0 Å². The van der Waals surface area contributed by atoms with Crippen molar-refractivity contribution in [2.45, 2.75) is 10.1 Å². The Kier molecular flexibility index (Phi) is 5.50. The summed E-state index contributed by atoms with van der Waals surface area (Å²) in [5.41, 5.74) is 1.95. The smallest absolute Gasteiger partial charge is 0.336 e. The maximum Gasteiger partial charge on any atom is 0.336 e. The Balaban J connectivity index is 1.79. The summed E-state index contributed by atoms with van der Waals surface area (Å²) in [6.07, 6.45) is 1.46. The van der Waals surface area contributed by atoms with Crippen LogP contribution in [-0.2, 0) is 9.59 Å². The molecular weight excluding hydrogens is 398 g/mol. The number of carboxylic acid groups (broad SMARTS) is 1. The van der Waals surface area contributed by atoms with Gasteiger partial charge in [0.1, 0.15) is 0 Å². The van der Waals surface area contributed by atoms with Crippen LogP contribution >= 0.6 is 11.8 Å². The van der Waals surface area contributed by atoms with Crippen molar-refractivity contribution in [2.24, 2.45) is 0 Å². The summed E-state index contributed by atoms with van der Waals surface area (Å²) >= 11 is 0.965. The molecule has 1 aliphatic rings. The number of nitrogens with zero attached hydrogens (tertiary/aromatic N) is 1. The summed E-state index contributed by atoms with van der Waals surface area (Å²) in [5, 5.41) is 8.37. The van der Waals surface area contributed by atoms with Crippen molar-refractivity contribution in [3.63, 3.8) is 0 Å². The first-order chi connectivity index (χ1) is 14.6. The molecule has 1 heterocycles. The van der Waals surface area contributed by atoms with E-state index in [-0.39, 0.29) is 11.3 Å². The van der Waals surface area contributed by atoms with Gasteiger partial charge in [0.15, 0.2) is 11.0 Å². The molecule has 0 aliphatic carbocycles. The van der Waals surface area contributed by atoms with Gasteiger partial charge in [-0.25, -0.2) is 4.79 Å². The lowest BCUT2D eigenvalue weighted by molar-refractivity contribution is -0.123. The lowest BCUT2D eigenvalue weighted by Crippen LogP contribution is -2.44. The minimum atomic E-state index is -1.10. The second kappa shape index (κ2) is 8.39. The summed E-state index contributed by atoms with van der Waals surface area (Å²) in [7, 11) is 0.